The molecule has 1 aliphatic carbocycles. The lowest BCUT2D eigenvalue weighted by Gasteiger charge is -2.26. The van der Waals surface area contributed by atoms with E-state index in [0.29, 0.717) is 5.41 Å². The zero-order valence-corrected chi connectivity index (χ0v) is 6.65. The third-order valence-corrected chi connectivity index (χ3v) is 2.12. The Bertz CT molecular complexity index is 193. The van der Waals surface area contributed by atoms with Crippen LogP contribution in [0.3, 0.4) is 0 Å². The van der Waals surface area contributed by atoms with Gasteiger partial charge in [0.15, 0.2) is 0 Å². The molecule has 0 atom stereocenters. The zero-order chi connectivity index (χ0) is 7.61. The van der Waals surface area contributed by atoms with Crippen molar-refractivity contribution in [2.45, 2.75) is 33.1 Å². The fraction of sp³-hybridized carbons (Fsp3) is 0.667. The molecule has 0 amide bonds. The van der Waals surface area contributed by atoms with Crippen LogP contribution in [0.4, 0.5) is 0 Å². The van der Waals surface area contributed by atoms with Crippen LogP contribution < -0.4 is 0 Å². The van der Waals surface area contributed by atoms with Crippen molar-refractivity contribution in [3.05, 3.63) is 11.6 Å². The maximum Gasteiger partial charge on any atom is 0.0943 e. The van der Waals surface area contributed by atoms with E-state index in [-0.39, 0.29) is 0 Å². The molecule has 0 heterocycles. The predicted molar refractivity (Wildman–Crippen MR) is 41.3 cm³/mol. The lowest BCUT2D eigenvalue weighted by molar-refractivity contribution is 0.327. The molecule has 0 saturated carbocycles. The smallest absolute Gasteiger partial charge is 0.0943 e. The highest BCUT2D eigenvalue weighted by Gasteiger charge is 2.20. The molecule has 0 saturated heterocycles. The van der Waals surface area contributed by atoms with Gasteiger partial charge in [0.2, 0.25) is 0 Å². The fourth-order valence-corrected chi connectivity index (χ4v) is 1.18. The molecule has 0 unspecified atom stereocenters. The van der Waals surface area contributed by atoms with Crippen LogP contribution in [0.15, 0.2) is 11.6 Å². The first-order valence-electron chi connectivity index (χ1n) is 3.73. The molecule has 0 fully saturated rings. The van der Waals surface area contributed by atoms with Gasteiger partial charge in [-0.1, -0.05) is 19.9 Å². The van der Waals surface area contributed by atoms with Crippen molar-refractivity contribution in [3.63, 3.8) is 0 Å². The van der Waals surface area contributed by atoms with Crippen LogP contribution >= 0.6 is 0 Å². The minimum absolute atomic E-state index is 0.431. The molecule has 1 nitrogen and oxygen atoms in total. The van der Waals surface area contributed by atoms with Gasteiger partial charge in [-0.25, -0.2) is 0 Å². The van der Waals surface area contributed by atoms with Gasteiger partial charge in [0.1, 0.15) is 0 Å². The summed E-state index contributed by atoms with van der Waals surface area (Å²) in [6.45, 7) is 4.50. The van der Waals surface area contributed by atoms with Crippen molar-refractivity contribution in [1.29, 1.82) is 5.26 Å². The Labute approximate surface area is 62.4 Å². The Kier molecular flexibility index (Phi) is 1.80. The highest BCUT2D eigenvalue weighted by molar-refractivity contribution is 5.23. The summed E-state index contributed by atoms with van der Waals surface area (Å²) in [7, 11) is 0. The van der Waals surface area contributed by atoms with E-state index in [2.05, 4.69) is 26.0 Å². The quantitative estimate of drug-likeness (QED) is 0.501. The van der Waals surface area contributed by atoms with Crippen molar-refractivity contribution in [3.8, 4) is 6.07 Å². The Balaban J connectivity index is 2.63. The molecule has 1 heteroatoms. The number of nitriles is 1. The SMILES string of the molecule is CC1(C)CC=C(C#N)CC1. The van der Waals surface area contributed by atoms with E-state index < -0.39 is 0 Å². The molecule has 0 aromatic carbocycles. The van der Waals surface area contributed by atoms with Crippen LogP contribution in [-0.4, -0.2) is 0 Å². The standard InChI is InChI=1S/C9H13N/c1-9(2)5-3-8(7-10)4-6-9/h3H,4-6H2,1-2H3. The topological polar surface area (TPSA) is 23.8 Å². The minimum atomic E-state index is 0.431. The van der Waals surface area contributed by atoms with E-state index in [0.717, 1.165) is 24.8 Å². The second kappa shape index (κ2) is 2.46. The normalized spacial score (nSPS) is 23.1. The monoisotopic (exact) mass is 135 g/mol. The second-order valence-electron chi connectivity index (χ2n) is 3.71. The Hall–Kier alpha value is -0.770. The van der Waals surface area contributed by atoms with Crippen molar-refractivity contribution < 1.29 is 0 Å². The zero-order valence-electron chi connectivity index (χ0n) is 6.65. The largest absolute Gasteiger partial charge is 0.193 e. The number of allylic oxidation sites excluding steroid dienone is 2. The Morgan fingerprint density at radius 1 is 1.60 bits per heavy atom. The molecule has 0 N–H and O–H groups in total. The molecule has 0 aliphatic heterocycles. The van der Waals surface area contributed by atoms with Gasteiger partial charge in [-0.2, -0.15) is 5.26 Å². The lowest BCUT2D eigenvalue weighted by Crippen LogP contribution is -2.13. The van der Waals surface area contributed by atoms with E-state index in [9.17, 15) is 0 Å². The van der Waals surface area contributed by atoms with E-state index in [1.807, 2.05) is 0 Å². The molecular formula is C9H13N. The summed E-state index contributed by atoms with van der Waals surface area (Å²) in [5.41, 5.74) is 1.40. The molecule has 0 aromatic heterocycles. The van der Waals surface area contributed by atoms with Gasteiger partial charge < -0.3 is 0 Å². The summed E-state index contributed by atoms with van der Waals surface area (Å²) in [5, 5.41) is 8.54. The van der Waals surface area contributed by atoms with Crippen molar-refractivity contribution in [2.24, 2.45) is 5.41 Å². The molecule has 10 heavy (non-hydrogen) atoms. The third kappa shape index (κ3) is 1.60. The third-order valence-electron chi connectivity index (χ3n) is 2.12. The molecule has 1 aliphatic rings. The number of nitrogens with zero attached hydrogens (tertiary/aromatic N) is 1. The van der Waals surface area contributed by atoms with Crippen LogP contribution in [0.5, 0.6) is 0 Å². The summed E-state index contributed by atoms with van der Waals surface area (Å²) in [4.78, 5) is 0. The maximum atomic E-state index is 8.54. The lowest BCUT2D eigenvalue weighted by atomic mass is 9.79. The van der Waals surface area contributed by atoms with Crippen LogP contribution in [0.1, 0.15) is 33.1 Å². The van der Waals surface area contributed by atoms with Gasteiger partial charge in [0, 0.05) is 5.57 Å². The summed E-state index contributed by atoms with van der Waals surface area (Å²) in [6.07, 6.45) is 5.27. The molecule has 0 bridgehead atoms. The Morgan fingerprint density at radius 2 is 2.30 bits per heavy atom. The van der Waals surface area contributed by atoms with Crippen LogP contribution in [-0.2, 0) is 0 Å². The van der Waals surface area contributed by atoms with E-state index in [4.69, 9.17) is 5.26 Å². The van der Waals surface area contributed by atoms with Gasteiger partial charge in [-0.05, 0) is 24.7 Å². The molecule has 0 radical (unpaired) electrons. The average Bonchev–Trinajstić information content (AvgIpc) is 1.88. The highest BCUT2D eigenvalue weighted by Crippen LogP contribution is 2.33. The molecule has 1 rings (SSSR count). The maximum absolute atomic E-state index is 8.54. The first-order chi connectivity index (χ1) is 4.64. The second-order valence-corrected chi connectivity index (χ2v) is 3.71. The van der Waals surface area contributed by atoms with Crippen molar-refractivity contribution in [1.82, 2.24) is 0 Å². The first kappa shape index (κ1) is 7.34. The highest BCUT2D eigenvalue weighted by atomic mass is 14.3. The van der Waals surface area contributed by atoms with E-state index >= 15 is 0 Å². The number of rotatable bonds is 0. The number of hydrogen-bond donors (Lipinski definition) is 0. The first-order valence-corrected chi connectivity index (χ1v) is 3.73. The Morgan fingerprint density at radius 3 is 2.70 bits per heavy atom. The van der Waals surface area contributed by atoms with Gasteiger partial charge in [-0.15, -0.1) is 0 Å². The summed E-state index contributed by atoms with van der Waals surface area (Å²) >= 11 is 0. The molecular weight excluding hydrogens is 122 g/mol. The summed E-state index contributed by atoms with van der Waals surface area (Å²) in [5.74, 6) is 0. The van der Waals surface area contributed by atoms with Crippen molar-refractivity contribution >= 4 is 0 Å². The van der Waals surface area contributed by atoms with E-state index in [1.165, 1.54) is 0 Å². The molecule has 0 spiro atoms. The van der Waals surface area contributed by atoms with Gasteiger partial charge in [0.05, 0.1) is 6.07 Å². The van der Waals surface area contributed by atoms with Gasteiger partial charge in [-0.3, -0.25) is 0 Å². The van der Waals surface area contributed by atoms with Gasteiger partial charge >= 0.3 is 0 Å². The summed E-state index contributed by atoms with van der Waals surface area (Å²) < 4.78 is 0. The number of hydrogen-bond acceptors (Lipinski definition) is 1. The predicted octanol–water partition coefficient (Wildman–Crippen LogP) is 2.65. The van der Waals surface area contributed by atoms with Crippen LogP contribution in [0, 0.1) is 16.7 Å². The minimum Gasteiger partial charge on any atom is -0.193 e. The average molecular weight is 135 g/mol. The van der Waals surface area contributed by atoms with Crippen molar-refractivity contribution in [2.75, 3.05) is 0 Å². The fourth-order valence-electron chi connectivity index (χ4n) is 1.18. The van der Waals surface area contributed by atoms with Crippen LogP contribution in [0.25, 0.3) is 0 Å². The van der Waals surface area contributed by atoms with E-state index in [1.54, 1.807) is 0 Å². The summed E-state index contributed by atoms with van der Waals surface area (Å²) in [6, 6.07) is 2.20. The molecule has 54 valence electrons. The molecule has 0 aromatic rings. The van der Waals surface area contributed by atoms with Gasteiger partial charge in [0.25, 0.3) is 0 Å². The van der Waals surface area contributed by atoms with Crippen LogP contribution in [0.2, 0.25) is 0 Å².